The minimum absolute atomic E-state index is 0.0320. The van der Waals surface area contributed by atoms with Gasteiger partial charge in [0.25, 0.3) is 5.91 Å². The molecule has 2 rings (SSSR count). The van der Waals surface area contributed by atoms with Crippen LogP contribution in [0.1, 0.15) is 17.3 Å². The fraction of sp³-hybridized carbons (Fsp3) is 0.312. The van der Waals surface area contributed by atoms with Gasteiger partial charge in [-0.1, -0.05) is 30.3 Å². The van der Waals surface area contributed by atoms with Crippen molar-refractivity contribution in [1.82, 2.24) is 4.90 Å². The van der Waals surface area contributed by atoms with Gasteiger partial charge in [-0.3, -0.25) is 4.79 Å². The van der Waals surface area contributed by atoms with Gasteiger partial charge in [0, 0.05) is 19.5 Å². The molecule has 1 atom stereocenters. The number of carbonyl (C=O) groups is 1. The monoisotopic (exact) mass is 273 g/mol. The molecule has 0 aliphatic rings. The van der Waals surface area contributed by atoms with E-state index in [1.165, 1.54) is 0 Å². The number of methoxy groups -OCH3 is 1. The summed E-state index contributed by atoms with van der Waals surface area (Å²) in [5.41, 5.74) is 0.314. The summed E-state index contributed by atoms with van der Waals surface area (Å²) in [4.78, 5) is 14.0. The Bertz CT molecular complexity index is 624. The molecule has 0 heterocycles. The van der Waals surface area contributed by atoms with Crippen LogP contribution in [0, 0.1) is 0 Å². The van der Waals surface area contributed by atoms with Crippen LogP contribution < -0.4 is 0 Å². The van der Waals surface area contributed by atoms with E-state index in [1.807, 2.05) is 31.2 Å². The molecule has 0 aliphatic heterocycles. The topological polar surface area (TPSA) is 49.8 Å². The van der Waals surface area contributed by atoms with Crippen molar-refractivity contribution in [2.75, 3.05) is 20.8 Å². The molecule has 0 aliphatic carbocycles. The predicted molar refractivity (Wildman–Crippen MR) is 79.0 cm³/mol. The van der Waals surface area contributed by atoms with Crippen LogP contribution in [0.5, 0.6) is 5.75 Å². The average Bonchev–Trinajstić information content (AvgIpc) is 2.46. The van der Waals surface area contributed by atoms with Crippen molar-refractivity contribution >= 4 is 16.7 Å². The Morgan fingerprint density at radius 2 is 2.00 bits per heavy atom. The second-order valence-electron chi connectivity index (χ2n) is 4.90. The van der Waals surface area contributed by atoms with Crippen molar-refractivity contribution in [2.45, 2.75) is 13.0 Å². The zero-order chi connectivity index (χ0) is 14.7. The fourth-order valence-electron chi connectivity index (χ4n) is 2.17. The fourth-order valence-corrected chi connectivity index (χ4v) is 2.17. The largest absolute Gasteiger partial charge is 0.506 e. The number of likely N-dealkylation sites (N-methyl/N-ethyl adjacent to an activating group) is 1. The van der Waals surface area contributed by atoms with Gasteiger partial charge in [0.05, 0.1) is 18.2 Å². The molecule has 1 N–H and O–H groups in total. The van der Waals surface area contributed by atoms with Crippen LogP contribution in [0.2, 0.25) is 0 Å². The van der Waals surface area contributed by atoms with E-state index in [0.29, 0.717) is 17.6 Å². The molecule has 0 spiro atoms. The molecule has 4 nitrogen and oxygen atoms in total. The number of phenolic OH excluding ortho intramolecular Hbond substituents is 1. The first-order valence-electron chi connectivity index (χ1n) is 6.53. The number of ether oxygens (including phenoxy) is 1. The summed E-state index contributed by atoms with van der Waals surface area (Å²) in [6.45, 7) is 2.36. The number of nitrogens with zero attached hydrogens (tertiary/aromatic N) is 1. The van der Waals surface area contributed by atoms with Crippen LogP contribution in [0.3, 0.4) is 0 Å². The molecule has 4 heteroatoms. The zero-order valence-electron chi connectivity index (χ0n) is 12.0. The lowest BCUT2D eigenvalue weighted by molar-refractivity contribution is 0.0631. The summed E-state index contributed by atoms with van der Waals surface area (Å²) in [5, 5.41) is 11.9. The summed E-state index contributed by atoms with van der Waals surface area (Å²) in [6.07, 6.45) is 0. The Morgan fingerprint density at radius 3 is 2.70 bits per heavy atom. The van der Waals surface area contributed by atoms with Crippen molar-refractivity contribution in [3.8, 4) is 5.75 Å². The molecule has 0 bridgehead atoms. The van der Waals surface area contributed by atoms with Crippen LogP contribution in [0.25, 0.3) is 10.8 Å². The molecular weight excluding hydrogens is 254 g/mol. The smallest absolute Gasteiger partial charge is 0.257 e. The maximum Gasteiger partial charge on any atom is 0.257 e. The summed E-state index contributed by atoms with van der Waals surface area (Å²) >= 11 is 0. The molecule has 0 saturated carbocycles. The maximum atomic E-state index is 12.4. The molecule has 0 fully saturated rings. The third-order valence-corrected chi connectivity index (χ3v) is 3.52. The van der Waals surface area contributed by atoms with Crippen molar-refractivity contribution in [3.05, 3.63) is 42.0 Å². The van der Waals surface area contributed by atoms with Crippen molar-refractivity contribution < 1.29 is 14.6 Å². The first-order valence-corrected chi connectivity index (χ1v) is 6.53. The number of amides is 1. The average molecular weight is 273 g/mol. The molecule has 2 aromatic carbocycles. The second kappa shape index (κ2) is 5.92. The lowest BCUT2D eigenvalue weighted by atomic mass is 10.0. The Balaban J connectivity index is 2.37. The number of fused-ring (bicyclic) bond motifs is 1. The number of hydrogen-bond acceptors (Lipinski definition) is 3. The Kier molecular flexibility index (Phi) is 4.25. The van der Waals surface area contributed by atoms with Gasteiger partial charge in [0.15, 0.2) is 0 Å². The second-order valence-corrected chi connectivity index (χ2v) is 4.90. The number of carbonyl (C=O) groups excluding carboxylic acids is 1. The molecule has 0 saturated heterocycles. The minimum Gasteiger partial charge on any atom is -0.506 e. The standard InChI is InChI=1S/C16H19NO3/c1-11(10-20-3)17(2)16(19)14-9-8-12-6-4-5-7-13(12)15(14)18/h4-9,11,18H,10H2,1-3H3. The molecule has 1 amide bonds. The van der Waals surface area contributed by atoms with Gasteiger partial charge in [-0.15, -0.1) is 0 Å². The summed E-state index contributed by atoms with van der Waals surface area (Å²) in [6, 6.07) is 10.9. The number of aromatic hydroxyl groups is 1. The third kappa shape index (κ3) is 2.60. The van der Waals surface area contributed by atoms with Gasteiger partial charge in [0.2, 0.25) is 0 Å². The van der Waals surface area contributed by atoms with E-state index in [0.717, 1.165) is 5.39 Å². The molecule has 0 radical (unpaired) electrons. The van der Waals surface area contributed by atoms with Gasteiger partial charge in [-0.2, -0.15) is 0 Å². The Morgan fingerprint density at radius 1 is 1.30 bits per heavy atom. The van der Waals surface area contributed by atoms with Crippen molar-refractivity contribution in [2.24, 2.45) is 0 Å². The van der Waals surface area contributed by atoms with E-state index in [1.54, 1.807) is 31.2 Å². The van der Waals surface area contributed by atoms with Gasteiger partial charge < -0.3 is 14.7 Å². The van der Waals surface area contributed by atoms with E-state index in [4.69, 9.17) is 4.74 Å². The lowest BCUT2D eigenvalue weighted by Crippen LogP contribution is -2.37. The first kappa shape index (κ1) is 14.3. The van der Waals surface area contributed by atoms with E-state index in [-0.39, 0.29) is 17.7 Å². The summed E-state index contributed by atoms with van der Waals surface area (Å²) in [7, 11) is 3.31. The third-order valence-electron chi connectivity index (χ3n) is 3.52. The zero-order valence-corrected chi connectivity index (χ0v) is 12.0. The molecule has 0 aromatic heterocycles. The van der Waals surface area contributed by atoms with Gasteiger partial charge in [-0.25, -0.2) is 0 Å². The van der Waals surface area contributed by atoms with Crippen LogP contribution in [-0.4, -0.2) is 42.7 Å². The van der Waals surface area contributed by atoms with Crippen LogP contribution in [0.15, 0.2) is 36.4 Å². The highest BCUT2D eigenvalue weighted by atomic mass is 16.5. The van der Waals surface area contributed by atoms with Crippen LogP contribution in [0.4, 0.5) is 0 Å². The van der Waals surface area contributed by atoms with Crippen LogP contribution in [-0.2, 0) is 4.74 Å². The summed E-state index contributed by atoms with van der Waals surface area (Å²) < 4.78 is 5.05. The van der Waals surface area contributed by atoms with Crippen molar-refractivity contribution in [1.29, 1.82) is 0 Å². The number of hydrogen-bond donors (Lipinski definition) is 1. The summed E-state index contributed by atoms with van der Waals surface area (Å²) in [5.74, 6) is -0.178. The van der Waals surface area contributed by atoms with E-state index in [9.17, 15) is 9.90 Å². The van der Waals surface area contributed by atoms with Gasteiger partial charge >= 0.3 is 0 Å². The van der Waals surface area contributed by atoms with E-state index in [2.05, 4.69) is 0 Å². The normalized spacial score (nSPS) is 12.3. The number of benzene rings is 2. The van der Waals surface area contributed by atoms with Crippen molar-refractivity contribution in [3.63, 3.8) is 0 Å². The minimum atomic E-state index is -0.210. The van der Waals surface area contributed by atoms with Gasteiger partial charge in [0.1, 0.15) is 5.75 Å². The molecule has 20 heavy (non-hydrogen) atoms. The van der Waals surface area contributed by atoms with E-state index >= 15 is 0 Å². The Labute approximate surface area is 118 Å². The quantitative estimate of drug-likeness (QED) is 0.931. The molecular formula is C16H19NO3. The number of phenols is 1. The molecule has 2 aromatic rings. The molecule has 106 valence electrons. The highest BCUT2D eigenvalue weighted by Gasteiger charge is 2.21. The van der Waals surface area contributed by atoms with Crippen LogP contribution >= 0.6 is 0 Å². The molecule has 1 unspecified atom stereocenters. The highest BCUT2D eigenvalue weighted by Crippen LogP contribution is 2.29. The predicted octanol–water partition coefficient (Wildman–Crippen LogP) is 2.65. The lowest BCUT2D eigenvalue weighted by Gasteiger charge is -2.24. The first-order chi connectivity index (χ1) is 9.56. The SMILES string of the molecule is COCC(C)N(C)C(=O)c1ccc2ccccc2c1O. The van der Waals surface area contributed by atoms with E-state index < -0.39 is 0 Å². The van der Waals surface area contributed by atoms with Gasteiger partial charge in [-0.05, 0) is 18.4 Å². The Hall–Kier alpha value is -2.07. The maximum absolute atomic E-state index is 12.4. The highest BCUT2D eigenvalue weighted by molar-refractivity contribution is 6.03. The number of rotatable bonds is 4.